The van der Waals surface area contributed by atoms with E-state index in [9.17, 15) is 8.78 Å². The van der Waals surface area contributed by atoms with Gasteiger partial charge in [0, 0.05) is 26.2 Å². The second kappa shape index (κ2) is 5.03. The Bertz CT molecular complexity index is 162. The number of hydrogen-bond acceptors (Lipinski definition) is 2. The summed E-state index contributed by atoms with van der Waals surface area (Å²) in [7, 11) is 0. The lowest BCUT2D eigenvalue weighted by Gasteiger charge is -2.25. The second-order valence-electron chi connectivity index (χ2n) is 4.08. The van der Waals surface area contributed by atoms with Gasteiger partial charge in [0.2, 0.25) is 0 Å². The summed E-state index contributed by atoms with van der Waals surface area (Å²) in [6.45, 7) is 3.93. The minimum Gasteiger partial charge on any atom is -0.381 e. The molecule has 1 N–H and O–H groups in total. The zero-order valence-electron chi connectivity index (χ0n) is 8.85. The van der Waals surface area contributed by atoms with E-state index in [0.717, 1.165) is 32.8 Å². The summed E-state index contributed by atoms with van der Waals surface area (Å²) in [5.74, 6) is -2.65. The molecule has 84 valence electrons. The Morgan fingerprint density at radius 2 is 2.07 bits per heavy atom. The Morgan fingerprint density at radius 1 is 1.36 bits per heavy atom. The fourth-order valence-corrected chi connectivity index (χ4v) is 1.57. The minimum absolute atomic E-state index is 0.179. The first-order valence-electron chi connectivity index (χ1n) is 5.22. The molecule has 1 heterocycles. The van der Waals surface area contributed by atoms with Crippen molar-refractivity contribution in [1.82, 2.24) is 5.32 Å². The monoisotopic (exact) mass is 207 g/mol. The Hall–Kier alpha value is -0.220. The van der Waals surface area contributed by atoms with E-state index in [4.69, 9.17) is 4.74 Å². The standard InChI is InChI=1S/C10H19F2NO/c1-8(10(2,11)12)13-9-4-3-6-14-7-5-9/h8-9,13H,3-7H2,1-2H3. The van der Waals surface area contributed by atoms with Crippen LogP contribution in [0.5, 0.6) is 0 Å². The molecule has 0 amide bonds. The molecule has 1 aliphatic heterocycles. The van der Waals surface area contributed by atoms with Crippen molar-refractivity contribution in [2.24, 2.45) is 0 Å². The van der Waals surface area contributed by atoms with Crippen LogP contribution in [0.1, 0.15) is 33.1 Å². The maximum atomic E-state index is 12.9. The molecule has 4 heteroatoms. The summed E-state index contributed by atoms with van der Waals surface area (Å²) in [4.78, 5) is 0. The van der Waals surface area contributed by atoms with Crippen LogP contribution < -0.4 is 5.32 Å². The van der Waals surface area contributed by atoms with Crippen molar-refractivity contribution in [1.29, 1.82) is 0 Å². The molecule has 0 aromatic heterocycles. The molecule has 0 saturated carbocycles. The van der Waals surface area contributed by atoms with Crippen LogP contribution in [0.2, 0.25) is 0 Å². The van der Waals surface area contributed by atoms with Crippen molar-refractivity contribution in [2.75, 3.05) is 13.2 Å². The van der Waals surface area contributed by atoms with Gasteiger partial charge in [0.25, 0.3) is 5.92 Å². The highest BCUT2D eigenvalue weighted by Crippen LogP contribution is 2.19. The van der Waals surface area contributed by atoms with Gasteiger partial charge in [-0.1, -0.05) is 0 Å². The van der Waals surface area contributed by atoms with Gasteiger partial charge < -0.3 is 10.1 Å². The first-order chi connectivity index (χ1) is 6.50. The molecule has 0 aliphatic carbocycles. The SMILES string of the molecule is CC(NC1CCCOCC1)C(C)(F)F. The third kappa shape index (κ3) is 3.88. The van der Waals surface area contributed by atoms with Crippen LogP contribution in [-0.2, 0) is 4.74 Å². The number of ether oxygens (including phenoxy) is 1. The predicted molar refractivity (Wildman–Crippen MR) is 51.7 cm³/mol. The van der Waals surface area contributed by atoms with E-state index in [1.54, 1.807) is 0 Å². The van der Waals surface area contributed by atoms with E-state index >= 15 is 0 Å². The first-order valence-corrected chi connectivity index (χ1v) is 5.22. The van der Waals surface area contributed by atoms with Crippen LogP contribution in [0.15, 0.2) is 0 Å². The molecule has 0 bridgehead atoms. The predicted octanol–water partition coefficient (Wildman–Crippen LogP) is 2.19. The average molecular weight is 207 g/mol. The molecular formula is C10H19F2NO. The van der Waals surface area contributed by atoms with Gasteiger partial charge >= 0.3 is 0 Å². The molecular weight excluding hydrogens is 188 g/mol. The molecule has 14 heavy (non-hydrogen) atoms. The lowest BCUT2D eigenvalue weighted by atomic mass is 10.1. The maximum absolute atomic E-state index is 12.9. The molecule has 0 aromatic carbocycles. The number of halogens is 2. The number of nitrogens with one attached hydrogen (secondary N) is 1. The largest absolute Gasteiger partial charge is 0.381 e. The van der Waals surface area contributed by atoms with Gasteiger partial charge in [0.05, 0.1) is 6.04 Å². The second-order valence-corrected chi connectivity index (χ2v) is 4.08. The van der Waals surface area contributed by atoms with E-state index < -0.39 is 12.0 Å². The van der Waals surface area contributed by atoms with Gasteiger partial charge in [0.1, 0.15) is 0 Å². The average Bonchev–Trinajstić information content (AvgIpc) is 2.31. The molecule has 1 saturated heterocycles. The molecule has 1 fully saturated rings. The Morgan fingerprint density at radius 3 is 2.71 bits per heavy atom. The van der Waals surface area contributed by atoms with E-state index in [-0.39, 0.29) is 6.04 Å². The van der Waals surface area contributed by atoms with Crippen LogP contribution >= 0.6 is 0 Å². The minimum atomic E-state index is -2.65. The van der Waals surface area contributed by atoms with Gasteiger partial charge in [-0.3, -0.25) is 0 Å². The zero-order chi connectivity index (χ0) is 10.6. The zero-order valence-corrected chi connectivity index (χ0v) is 8.85. The van der Waals surface area contributed by atoms with Crippen LogP contribution in [0.25, 0.3) is 0 Å². The van der Waals surface area contributed by atoms with Gasteiger partial charge in [-0.2, -0.15) is 0 Å². The highest BCUT2D eigenvalue weighted by molar-refractivity contribution is 4.80. The van der Waals surface area contributed by atoms with Gasteiger partial charge in [-0.25, -0.2) is 8.78 Å². The molecule has 0 radical (unpaired) electrons. The van der Waals surface area contributed by atoms with Crippen LogP contribution in [0.4, 0.5) is 8.78 Å². The highest BCUT2D eigenvalue weighted by Gasteiger charge is 2.31. The van der Waals surface area contributed by atoms with E-state index in [0.29, 0.717) is 6.61 Å². The van der Waals surface area contributed by atoms with E-state index in [1.165, 1.54) is 6.92 Å². The van der Waals surface area contributed by atoms with Crippen molar-refractivity contribution in [3.8, 4) is 0 Å². The molecule has 2 nitrogen and oxygen atoms in total. The van der Waals surface area contributed by atoms with Crippen LogP contribution in [0, 0.1) is 0 Å². The van der Waals surface area contributed by atoms with Crippen molar-refractivity contribution in [2.45, 2.75) is 51.1 Å². The third-order valence-corrected chi connectivity index (χ3v) is 2.70. The van der Waals surface area contributed by atoms with Crippen molar-refractivity contribution >= 4 is 0 Å². The lowest BCUT2D eigenvalue weighted by molar-refractivity contribution is -0.0165. The number of rotatable bonds is 3. The van der Waals surface area contributed by atoms with Crippen molar-refractivity contribution in [3.05, 3.63) is 0 Å². The Balaban J connectivity index is 2.34. The van der Waals surface area contributed by atoms with Gasteiger partial charge in [-0.15, -0.1) is 0 Å². The molecule has 0 aromatic rings. The number of alkyl halides is 2. The van der Waals surface area contributed by atoms with E-state index in [1.807, 2.05) is 0 Å². The summed E-state index contributed by atoms with van der Waals surface area (Å²) in [5.41, 5.74) is 0. The van der Waals surface area contributed by atoms with Crippen LogP contribution in [-0.4, -0.2) is 31.2 Å². The molecule has 2 atom stereocenters. The number of hydrogen-bond donors (Lipinski definition) is 1. The fourth-order valence-electron chi connectivity index (χ4n) is 1.57. The smallest absolute Gasteiger partial charge is 0.260 e. The third-order valence-electron chi connectivity index (χ3n) is 2.70. The lowest BCUT2D eigenvalue weighted by Crippen LogP contribution is -2.46. The Labute approximate surface area is 84.0 Å². The van der Waals surface area contributed by atoms with E-state index in [2.05, 4.69) is 5.32 Å². The van der Waals surface area contributed by atoms with Crippen molar-refractivity contribution < 1.29 is 13.5 Å². The normalized spacial score (nSPS) is 27.0. The highest BCUT2D eigenvalue weighted by atomic mass is 19.3. The summed E-state index contributed by atoms with van der Waals surface area (Å²) >= 11 is 0. The molecule has 0 spiro atoms. The Kier molecular flexibility index (Phi) is 4.26. The topological polar surface area (TPSA) is 21.3 Å². The summed E-state index contributed by atoms with van der Waals surface area (Å²) in [6, 6.07) is -0.580. The maximum Gasteiger partial charge on any atom is 0.260 e. The van der Waals surface area contributed by atoms with Gasteiger partial charge in [0.15, 0.2) is 0 Å². The quantitative estimate of drug-likeness (QED) is 0.766. The van der Waals surface area contributed by atoms with Crippen LogP contribution in [0.3, 0.4) is 0 Å². The van der Waals surface area contributed by atoms with Crippen molar-refractivity contribution in [3.63, 3.8) is 0 Å². The molecule has 1 rings (SSSR count). The summed E-state index contributed by atoms with van der Waals surface area (Å²) in [5, 5.41) is 2.97. The molecule has 2 unspecified atom stereocenters. The summed E-state index contributed by atoms with van der Waals surface area (Å²) < 4.78 is 31.0. The molecule has 1 aliphatic rings. The first kappa shape index (κ1) is 11.9. The fraction of sp³-hybridized carbons (Fsp3) is 1.00. The van der Waals surface area contributed by atoms with Gasteiger partial charge in [-0.05, 0) is 26.2 Å². The summed E-state index contributed by atoms with van der Waals surface area (Å²) in [6.07, 6.45) is 2.72.